The second kappa shape index (κ2) is 10.7. The third-order valence-electron chi connectivity index (χ3n) is 4.44. The van der Waals surface area contributed by atoms with E-state index in [1.54, 1.807) is 17.0 Å². The summed E-state index contributed by atoms with van der Waals surface area (Å²) in [6, 6.07) is 6.00. The highest BCUT2D eigenvalue weighted by Crippen LogP contribution is 2.18. The molecule has 1 aliphatic rings. The number of amides is 1. The Morgan fingerprint density at radius 3 is 2.48 bits per heavy atom. The number of benzene rings is 1. The Hall–Kier alpha value is -1.52. The SMILES string of the molecule is COCCNS(=O)(=O)c1ccc(C(=O)N2CCC(OCCCN)CC2)cc1. The quantitative estimate of drug-likeness (QED) is 0.557. The van der Waals surface area contributed by atoms with Crippen LogP contribution in [0.25, 0.3) is 0 Å². The van der Waals surface area contributed by atoms with Crippen LogP contribution in [0.2, 0.25) is 0 Å². The molecule has 1 fully saturated rings. The summed E-state index contributed by atoms with van der Waals surface area (Å²) < 4.78 is 37.3. The zero-order valence-electron chi connectivity index (χ0n) is 15.7. The van der Waals surface area contributed by atoms with E-state index in [0.717, 1.165) is 19.3 Å². The van der Waals surface area contributed by atoms with Gasteiger partial charge >= 0.3 is 0 Å². The molecule has 1 saturated heterocycles. The molecule has 1 aromatic carbocycles. The van der Waals surface area contributed by atoms with E-state index in [1.807, 2.05) is 0 Å². The fourth-order valence-corrected chi connectivity index (χ4v) is 3.89. The maximum absolute atomic E-state index is 12.6. The van der Waals surface area contributed by atoms with Crippen LogP contribution in [0.4, 0.5) is 0 Å². The van der Waals surface area contributed by atoms with Gasteiger partial charge in [0.05, 0.1) is 17.6 Å². The van der Waals surface area contributed by atoms with E-state index >= 15 is 0 Å². The fourth-order valence-electron chi connectivity index (χ4n) is 2.88. The van der Waals surface area contributed by atoms with E-state index in [1.165, 1.54) is 19.2 Å². The summed E-state index contributed by atoms with van der Waals surface area (Å²) in [5.74, 6) is -0.0910. The summed E-state index contributed by atoms with van der Waals surface area (Å²) in [6.45, 7) is 3.02. The van der Waals surface area contributed by atoms with Crippen LogP contribution in [0.3, 0.4) is 0 Å². The van der Waals surface area contributed by atoms with Gasteiger partial charge in [-0.25, -0.2) is 13.1 Å². The topological polar surface area (TPSA) is 111 Å². The number of nitrogens with two attached hydrogens (primary N) is 1. The Balaban J connectivity index is 1.89. The van der Waals surface area contributed by atoms with Crippen LogP contribution >= 0.6 is 0 Å². The molecule has 0 saturated carbocycles. The largest absolute Gasteiger partial charge is 0.383 e. The Labute approximate surface area is 161 Å². The molecule has 0 atom stereocenters. The van der Waals surface area contributed by atoms with Crippen LogP contribution in [-0.2, 0) is 19.5 Å². The molecule has 27 heavy (non-hydrogen) atoms. The van der Waals surface area contributed by atoms with Crippen molar-refractivity contribution in [3.05, 3.63) is 29.8 Å². The molecule has 8 nitrogen and oxygen atoms in total. The first-order chi connectivity index (χ1) is 13.0. The minimum atomic E-state index is -3.60. The molecule has 0 radical (unpaired) electrons. The molecule has 3 N–H and O–H groups in total. The number of rotatable bonds is 10. The van der Waals surface area contributed by atoms with Gasteiger partial charge in [0.15, 0.2) is 0 Å². The van der Waals surface area contributed by atoms with Gasteiger partial charge in [-0.2, -0.15) is 0 Å². The van der Waals surface area contributed by atoms with Crippen molar-refractivity contribution < 1.29 is 22.7 Å². The normalized spacial score (nSPS) is 15.9. The van der Waals surface area contributed by atoms with Crippen LogP contribution < -0.4 is 10.5 Å². The van der Waals surface area contributed by atoms with Gasteiger partial charge in [0.1, 0.15) is 0 Å². The number of hydrogen-bond donors (Lipinski definition) is 2. The Bertz CT molecular complexity index is 685. The van der Waals surface area contributed by atoms with Gasteiger partial charge in [0.2, 0.25) is 10.0 Å². The van der Waals surface area contributed by atoms with Crippen molar-refractivity contribution >= 4 is 15.9 Å². The summed E-state index contributed by atoms with van der Waals surface area (Å²) in [5, 5.41) is 0. The molecule has 0 aromatic heterocycles. The standard InChI is InChI=1S/C18H29N3O5S/c1-25-14-10-20-27(23,24)17-5-3-15(4-6-17)18(22)21-11-7-16(8-12-21)26-13-2-9-19/h3-6,16,20H,2,7-14,19H2,1H3. The zero-order valence-corrected chi connectivity index (χ0v) is 16.5. The number of ether oxygens (including phenoxy) is 2. The van der Waals surface area contributed by atoms with Crippen LogP contribution in [0.15, 0.2) is 29.2 Å². The molecule has 1 aliphatic heterocycles. The lowest BCUT2D eigenvalue weighted by molar-refractivity contribution is 0.00844. The van der Waals surface area contributed by atoms with Gasteiger partial charge in [-0.05, 0) is 50.1 Å². The molecule has 0 aliphatic carbocycles. The minimum Gasteiger partial charge on any atom is -0.383 e. The number of hydrogen-bond acceptors (Lipinski definition) is 6. The smallest absolute Gasteiger partial charge is 0.253 e. The van der Waals surface area contributed by atoms with E-state index in [4.69, 9.17) is 15.2 Å². The second-order valence-electron chi connectivity index (χ2n) is 6.42. The first kappa shape index (κ1) is 21.8. The van der Waals surface area contributed by atoms with Crippen LogP contribution in [0.1, 0.15) is 29.6 Å². The van der Waals surface area contributed by atoms with Crippen molar-refractivity contribution in [1.29, 1.82) is 0 Å². The van der Waals surface area contributed by atoms with Gasteiger partial charge in [-0.3, -0.25) is 4.79 Å². The minimum absolute atomic E-state index is 0.0910. The highest BCUT2D eigenvalue weighted by molar-refractivity contribution is 7.89. The lowest BCUT2D eigenvalue weighted by Crippen LogP contribution is -2.41. The summed E-state index contributed by atoms with van der Waals surface area (Å²) in [5.41, 5.74) is 5.94. The third-order valence-corrected chi connectivity index (χ3v) is 5.92. The van der Waals surface area contributed by atoms with Crippen LogP contribution in [0, 0.1) is 0 Å². The summed E-state index contributed by atoms with van der Waals surface area (Å²) in [6.07, 6.45) is 2.61. The maximum Gasteiger partial charge on any atom is 0.253 e. The van der Waals surface area contributed by atoms with Gasteiger partial charge in [-0.15, -0.1) is 0 Å². The molecule has 0 spiro atoms. The van der Waals surface area contributed by atoms with Gasteiger partial charge in [0.25, 0.3) is 5.91 Å². The van der Waals surface area contributed by atoms with Crippen molar-refractivity contribution in [3.63, 3.8) is 0 Å². The Kier molecular flexibility index (Phi) is 8.65. The van der Waals surface area contributed by atoms with E-state index in [-0.39, 0.29) is 23.5 Å². The first-order valence-corrected chi connectivity index (χ1v) is 10.7. The number of nitrogens with one attached hydrogen (secondary N) is 1. The van der Waals surface area contributed by atoms with Crippen molar-refractivity contribution in [2.75, 3.05) is 46.5 Å². The van der Waals surface area contributed by atoms with Gasteiger partial charge in [0, 0.05) is 38.9 Å². The van der Waals surface area contributed by atoms with Crippen LogP contribution in [0.5, 0.6) is 0 Å². The summed E-state index contributed by atoms with van der Waals surface area (Å²) >= 11 is 0. The Morgan fingerprint density at radius 1 is 1.22 bits per heavy atom. The molecular formula is C18H29N3O5S. The van der Waals surface area contributed by atoms with Crippen molar-refractivity contribution in [2.45, 2.75) is 30.3 Å². The highest BCUT2D eigenvalue weighted by Gasteiger charge is 2.24. The average molecular weight is 400 g/mol. The van der Waals surface area contributed by atoms with Gasteiger partial charge < -0.3 is 20.1 Å². The zero-order chi connectivity index (χ0) is 19.7. The number of piperidine rings is 1. The highest BCUT2D eigenvalue weighted by atomic mass is 32.2. The first-order valence-electron chi connectivity index (χ1n) is 9.17. The molecule has 9 heteroatoms. The van der Waals surface area contributed by atoms with E-state index in [0.29, 0.717) is 38.4 Å². The third kappa shape index (κ3) is 6.54. The average Bonchev–Trinajstić information content (AvgIpc) is 2.68. The molecule has 0 unspecified atom stereocenters. The molecular weight excluding hydrogens is 370 g/mol. The number of carbonyl (C=O) groups is 1. The predicted molar refractivity (Wildman–Crippen MR) is 102 cm³/mol. The van der Waals surface area contributed by atoms with Gasteiger partial charge in [-0.1, -0.05) is 0 Å². The lowest BCUT2D eigenvalue weighted by Gasteiger charge is -2.32. The molecule has 152 valence electrons. The number of nitrogens with zero attached hydrogens (tertiary/aromatic N) is 1. The van der Waals surface area contributed by atoms with Crippen molar-refractivity contribution in [3.8, 4) is 0 Å². The monoisotopic (exact) mass is 399 g/mol. The van der Waals surface area contributed by atoms with Crippen molar-refractivity contribution in [1.82, 2.24) is 9.62 Å². The molecule has 1 heterocycles. The number of likely N-dealkylation sites (tertiary alicyclic amines) is 1. The summed E-state index contributed by atoms with van der Waals surface area (Å²) in [4.78, 5) is 14.5. The number of carbonyl (C=O) groups excluding carboxylic acids is 1. The van der Waals surface area contributed by atoms with E-state index < -0.39 is 10.0 Å². The maximum atomic E-state index is 12.6. The molecule has 0 bridgehead atoms. The van der Waals surface area contributed by atoms with E-state index in [9.17, 15) is 13.2 Å². The predicted octanol–water partition coefficient (Wildman–Crippen LogP) is 0.581. The fraction of sp³-hybridized carbons (Fsp3) is 0.611. The lowest BCUT2D eigenvalue weighted by atomic mass is 10.1. The second-order valence-corrected chi connectivity index (χ2v) is 8.19. The Morgan fingerprint density at radius 2 is 1.89 bits per heavy atom. The van der Waals surface area contributed by atoms with Crippen LogP contribution in [-0.4, -0.2) is 71.8 Å². The molecule has 2 rings (SSSR count). The van der Waals surface area contributed by atoms with Crippen molar-refractivity contribution in [2.24, 2.45) is 5.73 Å². The van der Waals surface area contributed by atoms with E-state index in [2.05, 4.69) is 4.72 Å². The molecule has 1 aromatic rings. The molecule has 1 amide bonds. The number of sulfonamides is 1. The summed E-state index contributed by atoms with van der Waals surface area (Å²) in [7, 11) is -2.09. The number of methoxy groups -OCH3 is 1.